The summed E-state index contributed by atoms with van der Waals surface area (Å²) in [4.78, 5) is 15.0. The van der Waals surface area contributed by atoms with E-state index in [2.05, 4.69) is 4.72 Å². The maximum absolute atomic E-state index is 13.1. The van der Waals surface area contributed by atoms with Crippen LogP contribution in [0.25, 0.3) is 0 Å². The number of halogens is 1. The second kappa shape index (κ2) is 8.22. The highest BCUT2D eigenvalue weighted by atomic mass is 35.5. The Hall–Kier alpha value is -2.67. The van der Waals surface area contributed by atoms with Crippen LogP contribution in [0.5, 0.6) is 0 Å². The molecule has 3 aromatic carbocycles. The third kappa shape index (κ3) is 4.12. The van der Waals surface area contributed by atoms with Crippen LogP contribution in [0.2, 0.25) is 5.02 Å². The standard InChI is InChI=1S/C23H21ClN2O3S/c1-16-13-19-8-7-17(15-25-30(28,29)21-11-9-20(24)10-12-21)14-22(19)26(16)23(27)18-5-3-2-4-6-18/h2-12,14,16,25H,13,15H2,1H3/t16-/m1/s1. The van der Waals surface area contributed by atoms with E-state index in [1.807, 2.05) is 43.3 Å². The van der Waals surface area contributed by atoms with Crippen LogP contribution in [0, 0.1) is 0 Å². The van der Waals surface area contributed by atoms with Gasteiger partial charge in [0.1, 0.15) is 0 Å². The Bertz CT molecular complexity index is 1180. The molecule has 0 radical (unpaired) electrons. The summed E-state index contributed by atoms with van der Waals surface area (Å²) in [7, 11) is -3.66. The number of amides is 1. The molecule has 30 heavy (non-hydrogen) atoms. The number of hydrogen-bond acceptors (Lipinski definition) is 3. The summed E-state index contributed by atoms with van der Waals surface area (Å²) in [6.07, 6.45) is 0.769. The van der Waals surface area contributed by atoms with Crippen LogP contribution in [-0.4, -0.2) is 20.4 Å². The fourth-order valence-electron chi connectivity index (χ4n) is 3.67. The summed E-state index contributed by atoms with van der Waals surface area (Å²) >= 11 is 5.84. The molecule has 0 fully saturated rings. The summed E-state index contributed by atoms with van der Waals surface area (Å²) in [5, 5.41) is 0.477. The Morgan fingerprint density at radius 1 is 1.07 bits per heavy atom. The lowest BCUT2D eigenvalue weighted by molar-refractivity contribution is 0.0981. The lowest BCUT2D eigenvalue weighted by Gasteiger charge is -2.23. The lowest BCUT2D eigenvalue weighted by atomic mass is 10.1. The van der Waals surface area contributed by atoms with Crippen molar-refractivity contribution in [1.82, 2.24) is 4.72 Å². The zero-order valence-electron chi connectivity index (χ0n) is 16.4. The molecule has 0 bridgehead atoms. The number of anilines is 1. The highest BCUT2D eigenvalue weighted by molar-refractivity contribution is 7.89. The molecule has 1 heterocycles. The summed E-state index contributed by atoms with van der Waals surface area (Å²) < 4.78 is 27.7. The van der Waals surface area contributed by atoms with Crippen molar-refractivity contribution in [3.8, 4) is 0 Å². The number of hydrogen-bond donors (Lipinski definition) is 1. The summed E-state index contributed by atoms with van der Waals surface area (Å²) in [6.45, 7) is 2.14. The lowest BCUT2D eigenvalue weighted by Crippen LogP contribution is -2.35. The molecule has 7 heteroatoms. The summed E-state index contributed by atoms with van der Waals surface area (Å²) in [6, 6.07) is 21.0. The Morgan fingerprint density at radius 2 is 1.77 bits per heavy atom. The number of sulfonamides is 1. The molecule has 0 saturated heterocycles. The quantitative estimate of drug-likeness (QED) is 0.639. The first-order chi connectivity index (χ1) is 14.3. The number of carbonyl (C=O) groups is 1. The van der Waals surface area contributed by atoms with E-state index in [-0.39, 0.29) is 23.4 Å². The number of carbonyl (C=O) groups excluding carboxylic acids is 1. The van der Waals surface area contributed by atoms with Crippen molar-refractivity contribution in [3.63, 3.8) is 0 Å². The molecule has 1 atom stereocenters. The zero-order valence-corrected chi connectivity index (χ0v) is 18.0. The number of rotatable bonds is 5. The van der Waals surface area contributed by atoms with Crippen molar-refractivity contribution in [2.75, 3.05) is 4.90 Å². The van der Waals surface area contributed by atoms with Gasteiger partial charge in [-0.1, -0.05) is 41.9 Å². The van der Waals surface area contributed by atoms with Crippen molar-refractivity contribution in [3.05, 3.63) is 94.5 Å². The van der Waals surface area contributed by atoms with Gasteiger partial charge in [0, 0.05) is 28.9 Å². The first kappa shape index (κ1) is 20.6. The SMILES string of the molecule is C[C@@H]1Cc2ccc(CNS(=O)(=O)c3ccc(Cl)cc3)cc2N1C(=O)c1ccccc1. The topological polar surface area (TPSA) is 66.5 Å². The summed E-state index contributed by atoms with van der Waals surface area (Å²) in [5.41, 5.74) is 3.33. The minimum absolute atomic E-state index is 0.0358. The highest BCUT2D eigenvalue weighted by Gasteiger charge is 2.31. The number of nitrogens with zero attached hydrogens (tertiary/aromatic N) is 1. The average molecular weight is 441 g/mol. The molecule has 1 aliphatic heterocycles. The molecular formula is C23H21ClN2O3S. The normalized spacial score (nSPS) is 15.8. The molecule has 1 aliphatic rings. The van der Waals surface area contributed by atoms with Crippen molar-refractivity contribution in [2.24, 2.45) is 0 Å². The van der Waals surface area contributed by atoms with Crippen molar-refractivity contribution in [2.45, 2.75) is 30.8 Å². The largest absolute Gasteiger partial charge is 0.305 e. The molecular weight excluding hydrogens is 420 g/mol. The molecule has 0 aliphatic carbocycles. The Labute approximate surface area is 181 Å². The molecule has 4 rings (SSSR count). The fraction of sp³-hybridized carbons (Fsp3) is 0.174. The minimum Gasteiger partial charge on any atom is -0.305 e. The first-order valence-electron chi connectivity index (χ1n) is 9.61. The van der Waals surface area contributed by atoms with Crippen LogP contribution in [-0.2, 0) is 23.0 Å². The third-order valence-corrected chi connectivity index (χ3v) is 6.86. The van der Waals surface area contributed by atoms with Crippen molar-refractivity contribution in [1.29, 1.82) is 0 Å². The predicted octanol–water partition coefficient (Wildman–Crippen LogP) is 4.41. The van der Waals surface area contributed by atoms with Gasteiger partial charge >= 0.3 is 0 Å². The van der Waals surface area contributed by atoms with Gasteiger partial charge in [-0.3, -0.25) is 4.79 Å². The van der Waals surface area contributed by atoms with Crippen LogP contribution in [0.4, 0.5) is 5.69 Å². The van der Waals surface area contributed by atoms with Crippen LogP contribution < -0.4 is 9.62 Å². The molecule has 0 unspecified atom stereocenters. The zero-order chi connectivity index (χ0) is 21.3. The molecule has 0 spiro atoms. The van der Waals surface area contributed by atoms with E-state index in [0.29, 0.717) is 10.6 Å². The van der Waals surface area contributed by atoms with E-state index in [1.165, 1.54) is 12.1 Å². The van der Waals surface area contributed by atoms with Gasteiger partial charge in [-0.25, -0.2) is 13.1 Å². The molecule has 0 saturated carbocycles. The van der Waals surface area contributed by atoms with E-state index in [0.717, 1.165) is 23.2 Å². The smallest absolute Gasteiger partial charge is 0.258 e. The van der Waals surface area contributed by atoms with E-state index in [9.17, 15) is 13.2 Å². The van der Waals surface area contributed by atoms with E-state index in [4.69, 9.17) is 11.6 Å². The molecule has 154 valence electrons. The average Bonchev–Trinajstić information content (AvgIpc) is 3.07. The Balaban J connectivity index is 1.56. The van der Waals surface area contributed by atoms with Crippen LogP contribution in [0.3, 0.4) is 0 Å². The van der Waals surface area contributed by atoms with Crippen molar-refractivity contribution < 1.29 is 13.2 Å². The van der Waals surface area contributed by atoms with Crippen LogP contribution in [0.1, 0.15) is 28.4 Å². The van der Waals surface area contributed by atoms with Gasteiger partial charge in [-0.15, -0.1) is 0 Å². The number of nitrogens with one attached hydrogen (secondary N) is 1. The van der Waals surface area contributed by atoms with Crippen LogP contribution >= 0.6 is 11.6 Å². The fourth-order valence-corrected chi connectivity index (χ4v) is 4.81. The van der Waals surface area contributed by atoms with Gasteiger partial charge in [-0.2, -0.15) is 0 Å². The van der Waals surface area contributed by atoms with Gasteiger partial charge in [-0.05, 0) is 66.9 Å². The minimum atomic E-state index is -3.66. The third-order valence-electron chi connectivity index (χ3n) is 5.20. The van der Waals surface area contributed by atoms with E-state index < -0.39 is 10.0 Å². The summed E-state index contributed by atoms with van der Waals surface area (Å²) in [5.74, 6) is -0.0549. The number of benzene rings is 3. The molecule has 5 nitrogen and oxygen atoms in total. The Kier molecular flexibility index (Phi) is 5.64. The molecule has 3 aromatic rings. The first-order valence-corrected chi connectivity index (χ1v) is 11.5. The van der Waals surface area contributed by atoms with Gasteiger partial charge in [0.25, 0.3) is 5.91 Å². The molecule has 1 amide bonds. The molecule has 1 N–H and O–H groups in total. The maximum atomic E-state index is 13.1. The van der Waals surface area contributed by atoms with Gasteiger partial charge < -0.3 is 4.90 Å². The Morgan fingerprint density at radius 3 is 2.47 bits per heavy atom. The van der Waals surface area contributed by atoms with Crippen molar-refractivity contribution >= 4 is 33.2 Å². The van der Waals surface area contributed by atoms with E-state index in [1.54, 1.807) is 29.2 Å². The van der Waals surface area contributed by atoms with Gasteiger partial charge in [0.05, 0.1) is 4.90 Å². The molecule has 0 aromatic heterocycles. The monoisotopic (exact) mass is 440 g/mol. The highest BCUT2D eigenvalue weighted by Crippen LogP contribution is 2.34. The van der Waals surface area contributed by atoms with Gasteiger partial charge in [0.15, 0.2) is 0 Å². The maximum Gasteiger partial charge on any atom is 0.258 e. The van der Waals surface area contributed by atoms with Gasteiger partial charge in [0.2, 0.25) is 10.0 Å². The predicted molar refractivity (Wildman–Crippen MR) is 118 cm³/mol. The number of fused-ring (bicyclic) bond motifs is 1. The second-order valence-electron chi connectivity index (χ2n) is 7.34. The second-order valence-corrected chi connectivity index (χ2v) is 9.54. The van der Waals surface area contributed by atoms with Crippen LogP contribution in [0.15, 0.2) is 77.7 Å². The van der Waals surface area contributed by atoms with E-state index >= 15 is 0 Å².